The number of hydrogen-bond donors (Lipinski definition) is 0. The molecule has 1 heterocycles. The minimum atomic E-state index is 0.133. The number of rotatable bonds is 3. The lowest BCUT2D eigenvalue weighted by atomic mass is 9.92. The van der Waals surface area contributed by atoms with E-state index >= 15 is 0 Å². The fourth-order valence-electron chi connectivity index (χ4n) is 1.45. The van der Waals surface area contributed by atoms with Gasteiger partial charge in [-0.15, -0.1) is 5.10 Å². The molecule has 0 unspecified atom stereocenters. The van der Waals surface area contributed by atoms with Gasteiger partial charge in [-0.1, -0.05) is 39.3 Å². The second kappa shape index (κ2) is 4.59. The Morgan fingerprint density at radius 3 is 2.50 bits per heavy atom. The molecule has 4 heteroatoms. The number of aromatic nitrogens is 3. The Morgan fingerprint density at radius 2 is 2.00 bits per heavy atom. The molecule has 0 bridgehead atoms. The monoisotopic (exact) mass is 307 g/mol. The van der Waals surface area contributed by atoms with E-state index in [2.05, 4.69) is 60.6 Å². The van der Waals surface area contributed by atoms with Crippen LogP contribution in [0, 0.1) is 3.70 Å². The van der Waals surface area contributed by atoms with Crippen molar-refractivity contribution in [3.63, 3.8) is 0 Å². The summed E-state index contributed by atoms with van der Waals surface area (Å²) in [6, 6.07) is 0. The summed E-state index contributed by atoms with van der Waals surface area (Å²) >= 11 is 2.26. The first kappa shape index (κ1) is 11.9. The zero-order chi connectivity index (χ0) is 10.8. The van der Waals surface area contributed by atoms with Crippen LogP contribution in [0.2, 0.25) is 0 Å². The van der Waals surface area contributed by atoms with Crippen LogP contribution in [0.1, 0.15) is 46.2 Å². The van der Waals surface area contributed by atoms with Gasteiger partial charge in [0.25, 0.3) is 0 Å². The predicted octanol–water partition coefficient (Wildman–Crippen LogP) is 2.98. The third-order valence-corrected chi connectivity index (χ3v) is 2.85. The Labute approximate surface area is 99.4 Å². The van der Waals surface area contributed by atoms with Gasteiger partial charge in [0.1, 0.15) is 3.70 Å². The maximum Gasteiger partial charge on any atom is 0.147 e. The van der Waals surface area contributed by atoms with Crippen LogP contribution < -0.4 is 0 Å². The summed E-state index contributed by atoms with van der Waals surface area (Å²) in [6.45, 7) is 9.79. The van der Waals surface area contributed by atoms with Gasteiger partial charge in [-0.2, -0.15) is 0 Å². The lowest BCUT2D eigenvalue weighted by Crippen LogP contribution is -2.19. The number of aryl methyl sites for hydroxylation is 1. The van der Waals surface area contributed by atoms with Crippen LogP contribution in [0.5, 0.6) is 0 Å². The molecule has 1 rings (SSSR count). The number of halogens is 1. The van der Waals surface area contributed by atoms with Crippen LogP contribution in [-0.2, 0) is 12.0 Å². The molecule has 0 aromatic carbocycles. The highest BCUT2D eigenvalue weighted by atomic mass is 127. The molecule has 0 aliphatic heterocycles. The van der Waals surface area contributed by atoms with Gasteiger partial charge in [-0.3, -0.25) is 0 Å². The molecule has 0 spiro atoms. The maximum absolute atomic E-state index is 4.18. The van der Waals surface area contributed by atoms with Crippen molar-refractivity contribution < 1.29 is 0 Å². The minimum Gasteiger partial charge on any atom is -0.248 e. The van der Waals surface area contributed by atoms with Gasteiger partial charge in [0, 0.05) is 12.0 Å². The molecule has 0 aliphatic rings. The van der Waals surface area contributed by atoms with Crippen molar-refractivity contribution in [1.29, 1.82) is 0 Å². The first-order chi connectivity index (χ1) is 6.46. The zero-order valence-corrected chi connectivity index (χ0v) is 11.5. The summed E-state index contributed by atoms with van der Waals surface area (Å²) in [5.41, 5.74) is 1.39. The van der Waals surface area contributed by atoms with Gasteiger partial charge in [0.2, 0.25) is 0 Å². The van der Waals surface area contributed by atoms with E-state index < -0.39 is 0 Å². The Bertz CT molecular complexity index is 299. The van der Waals surface area contributed by atoms with Crippen LogP contribution in [0.3, 0.4) is 0 Å². The fourth-order valence-corrected chi connectivity index (χ4v) is 2.64. The first-order valence-electron chi connectivity index (χ1n) is 5.06. The molecule has 0 amide bonds. The largest absolute Gasteiger partial charge is 0.248 e. The van der Waals surface area contributed by atoms with Crippen molar-refractivity contribution in [2.75, 3.05) is 0 Å². The average Bonchev–Trinajstić information content (AvgIpc) is 2.42. The molecule has 1 aromatic rings. The highest BCUT2D eigenvalue weighted by Gasteiger charge is 2.23. The van der Waals surface area contributed by atoms with E-state index in [4.69, 9.17) is 0 Å². The average molecular weight is 307 g/mol. The van der Waals surface area contributed by atoms with Gasteiger partial charge < -0.3 is 0 Å². The lowest BCUT2D eigenvalue weighted by Gasteiger charge is -2.19. The van der Waals surface area contributed by atoms with Crippen LogP contribution in [0.15, 0.2) is 0 Å². The minimum absolute atomic E-state index is 0.133. The third-order valence-electron chi connectivity index (χ3n) is 2.13. The normalized spacial score (nSPS) is 12.1. The summed E-state index contributed by atoms with van der Waals surface area (Å²) in [7, 11) is 0. The van der Waals surface area contributed by atoms with Crippen molar-refractivity contribution in [3.8, 4) is 0 Å². The summed E-state index contributed by atoms with van der Waals surface area (Å²) in [4.78, 5) is 0. The van der Waals surface area contributed by atoms with Crippen LogP contribution in [0.4, 0.5) is 0 Å². The van der Waals surface area contributed by atoms with E-state index in [-0.39, 0.29) is 5.41 Å². The first-order valence-corrected chi connectivity index (χ1v) is 6.14. The van der Waals surface area contributed by atoms with Crippen molar-refractivity contribution >= 4 is 22.6 Å². The van der Waals surface area contributed by atoms with Crippen LogP contribution in [-0.4, -0.2) is 15.0 Å². The number of unbranched alkanes of at least 4 members (excludes halogenated alkanes) is 1. The molecule has 0 atom stereocenters. The lowest BCUT2D eigenvalue weighted by molar-refractivity contribution is 0.466. The summed E-state index contributed by atoms with van der Waals surface area (Å²) < 4.78 is 3.08. The Morgan fingerprint density at radius 1 is 1.36 bits per heavy atom. The highest BCUT2D eigenvalue weighted by molar-refractivity contribution is 14.1. The molecule has 0 saturated carbocycles. The molecule has 0 N–H and O–H groups in total. The highest BCUT2D eigenvalue weighted by Crippen LogP contribution is 2.25. The molecule has 0 radical (unpaired) electrons. The van der Waals surface area contributed by atoms with Crippen LogP contribution >= 0.6 is 22.6 Å². The Balaban J connectivity index is 2.95. The number of hydrogen-bond acceptors (Lipinski definition) is 2. The molecular formula is C10H18IN3. The molecule has 0 saturated heterocycles. The van der Waals surface area contributed by atoms with Crippen molar-refractivity contribution in [2.45, 2.75) is 52.5 Å². The number of nitrogens with zero attached hydrogens (tertiary/aromatic N) is 3. The van der Waals surface area contributed by atoms with Gasteiger partial charge in [0.05, 0.1) is 5.69 Å². The third kappa shape index (κ3) is 2.68. The molecule has 0 fully saturated rings. The molecule has 80 valence electrons. The molecular weight excluding hydrogens is 289 g/mol. The maximum atomic E-state index is 4.18. The SMILES string of the molecule is CCCCn1nnc(I)c1C(C)(C)C. The van der Waals surface area contributed by atoms with E-state index in [1.54, 1.807) is 0 Å². The van der Waals surface area contributed by atoms with E-state index in [1.165, 1.54) is 18.5 Å². The molecule has 1 aromatic heterocycles. The van der Waals surface area contributed by atoms with Gasteiger partial charge in [-0.25, -0.2) is 4.68 Å². The summed E-state index contributed by atoms with van der Waals surface area (Å²) in [5, 5.41) is 8.31. The topological polar surface area (TPSA) is 30.7 Å². The van der Waals surface area contributed by atoms with Crippen molar-refractivity contribution in [3.05, 3.63) is 9.39 Å². The van der Waals surface area contributed by atoms with E-state index in [9.17, 15) is 0 Å². The van der Waals surface area contributed by atoms with Gasteiger partial charge >= 0.3 is 0 Å². The second-order valence-electron chi connectivity index (χ2n) is 4.56. The van der Waals surface area contributed by atoms with E-state index in [0.29, 0.717) is 0 Å². The second-order valence-corrected chi connectivity index (χ2v) is 5.58. The van der Waals surface area contributed by atoms with E-state index in [1.807, 2.05) is 4.68 Å². The quantitative estimate of drug-likeness (QED) is 0.804. The summed E-state index contributed by atoms with van der Waals surface area (Å²) in [5.74, 6) is 0. The van der Waals surface area contributed by atoms with Crippen LogP contribution in [0.25, 0.3) is 0 Å². The van der Waals surface area contributed by atoms with E-state index in [0.717, 1.165) is 10.2 Å². The molecule has 14 heavy (non-hydrogen) atoms. The predicted molar refractivity (Wildman–Crippen MR) is 66.3 cm³/mol. The Kier molecular flexibility index (Phi) is 3.92. The molecule has 3 nitrogen and oxygen atoms in total. The standard InChI is InChI=1S/C10H18IN3/c1-5-6-7-14-8(10(2,3)4)9(11)12-13-14/h5-7H2,1-4H3. The molecule has 0 aliphatic carbocycles. The summed E-state index contributed by atoms with van der Waals surface area (Å²) in [6.07, 6.45) is 2.36. The zero-order valence-electron chi connectivity index (χ0n) is 9.34. The fraction of sp³-hybridized carbons (Fsp3) is 0.800. The van der Waals surface area contributed by atoms with Gasteiger partial charge in [-0.05, 0) is 29.0 Å². The van der Waals surface area contributed by atoms with Crippen molar-refractivity contribution in [2.24, 2.45) is 0 Å². The van der Waals surface area contributed by atoms with Crippen molar-refractivity contribution in [1.82, 2.24) is 15.0 Å². The Hall–Kier alpha value is -0.130. The van der Waals surface area contributed by atoms with Gasteiger partial charge in [0.15, 0.2) is 0 Å². The smallest absolute Gasteiger partial charge is 0.147 e.